The fraction of sp³-hybridized carbons (Fsp3) is 1.00. The van der Waals surface area contributed by atoms with Gasteiger partial charge in [0.25, 0.3) is 0 Å². The molecule has 0 aromatic heterocycles. The van der Waals surface area contributed by atoms with Crippen LogP contribution in [0.25, 0.3) is 0 Å². The summed E-state index contributed by atoms with van der Waals surface area (Å²) in [6, 6.07) is 0. The first-order valence-corrected chi connectivity index (χ1v) is 8.25. The minimum Gasteiger partial charge on any atom is -0.305 e. The van der Waals surface area contributed by atoms with Crippen LogP contribution in [0.2, 0.25) is 0 Å². The Morgan fingerprint density at radius 1 is 1.13 bits per heavy atom. The van der Waals surface area contributed by atoms with Crippen molar-refractivity contribution in [3.63, 3.8) is 0 Å². The summed E-state index contributed by atoms with van der Waals surface area (Å²) >= 11 is 1.55. The molecule has 0 rings (SSSR count). The zero-order valence-electron chi connectivity index (χ0n) is 10.5. The number of hydrogen-bond acceptors (Lipinski definition) is 4. The molecule has 0 amide bonds. The smallest absolute Gasteiger partial charge is 0.305 e. The lowest BCUT2D eigenvalue weighted by Crippen LogP contribution is -2.15. The minimum absolute atomic E-state index is 0.0673. The fourth-order valence-electron chi connectivity index (χ4n) is 1.27. The van der Waals surface area contributed by atoms with Crippen molar-refractivity contribution in [3.05, 3.63) is 0 Å². The summed E-state index contributed by atoms with van der Waals surface area (Å²) in [7, 11) is -2.98. The summed E-state index contributed by atoms with van der Waals surface area (Å²) in [5.74, 6) is 0. The molecule has 1 atom stereocenters. The van der Waals surface area contributed by atoms with Crippen molar-refractivity contribution in [1.29, 1.82) is 0 Å². The Morgan fingerprint density at radius 3 is 1.73 bits per heavy atom. The van der Waals surface area contributed by atoms with Gasteiger partial charge < -0.3 is 9.05 Å². The fourth-order valence-corrected chi connectivity index (χ4v) is 4.88. The van der Waals surface area contributed by atoms with Crippen LogP contribution < -0.4 is 0 Å². The van der Waals surface area contributed by atoms with E-state index >= 15 is 0 Å². The lowest BCUT2D eigenvalue weighted by atomic mass is 10.5. The molecule has 0 aromatic rings. The maximum atomic E-state index is 12.5. The summed E-state index contributed by atoms with van der Waals surface area (Å²) in [5, 5.41) is 0. The van der Waals surface area contributed by atoms with Crippen molar-refractivity contribution in [2.75, 3.05) is 6.26 Å². The van der Waals surface area contributed by atoms with Gasteiger partial charge in [0.05, 0.1) is 12.2 Å². The molecule has 5 heteroatoms. The Morgan fingerprint density at radius 2 is 1.53 bits per heavy atom. The van der Waals surface area contributed by atoms with E-state index in [9.17, 15) is 4.57 Å². The SMILES string of the molecule is CC[C@@H](SC)P(=O)(OC(C)C)OC(C)C. The molecule has 0 radical (unpaired) electrons. The van der Waals surface area contributed by atoms with Crippen LogP contribution in [0.4, 0.5) is 0 Å². The monoisotopic (exact) mass is 254 g/mol. The second-order valence-corrected chi connectivity index (χ2v) is 7.46. The van der Waals surface area contributed by atoms with Crippen molar-refractivity contribution >= 4 is 19.4 Å². The molecule has 0 aliphatic rings. The highest BCUT2D eigenvalue weighted by atomic mass is 32.2. The van der Waals surface area contributed by atoms with Gasteiger partial charge in [-0.05, 0) is 40.4 Å². The van der Waals surface area contributed by atoms with Crippen LogP contribution in [-0.2, 0) is 13.6 Å². The molecule has 0 saturated heterocycles. The van der Waals surface area contributed by atoms with Gasteiger partial charge in [-0.25, -0.2) is 0 Å². The van der Waals surface area contributed by atoms with Crippen LogP contribution in [0.3, 0.4) is 0 Å². The maximum Gasteiger partial charge on any atom is 0.343 e. The van der Waals surface area contributed by atoms with E-state index in [2.05, 4.69) is 0 Å². The average Bonchev–Trinajstić information content (AvgIpc) is 2.01. The number of hydrogen-bond donors (Lipinski definition) is 0. The van der Waals surface area contributed by atoms with Gasteiger partial charge in [0.2, 0.25) is 0 Å². The lowest BCUT2D eigenvalue weighted by Gasteiger charge is -2.28. The van der Waals surface area contributed by atoms with E-state index in [4.69, 9.17) is 9.05 Å². The van der Waals surface area contributed by atoms with Crippen molar-refractivity contribution in [2.24, 2.45) is 0 Å². The van der Waals surface area contributed by atoms with Crippen molar-refractivity contribution < 1.29 is 13.6 Å². The topological polar surface area (TPSA) is 35.5 Å². The first-order chi connectivity index (χ1) is 6.85. The van der Waals surface area contributed by atoms with Crippen LogP contribution in [0.5, 0.6) is 0 Å². The van der Waals surface area contributed by atoms with Gasteiger partial charge in [-0.2, -0.15) is 0 Å². The Kier molecular flexibility index (Phi) is 7.18. The highest BCUT2D eigenvalue weighted by Gasteiger charge is 2.36. The molecule has 0 N–H and O–H groups in total. The summed E-state index contributed by atoms with van der Waals surface area (Å²) in [6.07, 6.45) is 2.58. The Hall–Kier alpha value is 0.500. The van der Waals surface area contributed by atoms with Gasteiger partial charge in [-0.15, -0.1) is 11.8 Å². The van der Waals surface area contributed by atoms with E-state index in [1.54, 1.807) is 11.8 Å². The third-order valence-electron chi connectivity index (χ3n) is 1.69. The molecule has 0 aliphatic heterocycles. The first kappa shape index (κ1) is 15.5. The van der Waals surface area contributed by atoms with E-state index < -0.39 is 7.60 Å². The zero-order chi connectivity index (χ0) is 12.1. The van der Waals surface area contributed by atoms with Gasteiger partial charge in [-0.1, -0.05) is 6.92 Å². The Balaban J connectivity index is 4.74. The highest BCUT2D eigenvalue weighted by Crippen LogP contribution is 2.59. The summed E-state index contributed by atoms with van der Waals surface area (Å²) in [6.45, 7) is 9.51. The molecule has 0 saturated carbocycles. The molecule has 0 unspecified atom stereocenters. The Labute approximate surface area is 97.8 Å². The summed E-state index contributed by atoms with van der Waals surface area (Å²) in [5.41, 5.74) is 0. The largest absolute Gasteiger partial charge is 0.343 e. The minimum atomic E-state index is -2.98. The molecule has 0 heterocycles. The van der Waals surface area contributed by atoms with E-state index in [1.807, 2.05) is 40.9 Å². The van der Waals surface area contributed by atoms with Crippen LogP contribution in [0, 0.1) is 0 Å². The number of thioether (sulfide) groups is 1. The molecule has 0 bridgehead atoms. The van der Waals surface area contributed by atoms with Crippen molar-refractivity contribution in [2.45, 2.75) is 58.2 Å². The third kappa shape index (κ3) is 5.39. The second kappa shape index (κ2) is 6.95. The van der Waals surface area contributed by atoms with Gasteiger partial charge in [-0.3, -0.25) is 4.57 Å². The standard InChI is InChI=1S/C10H23O3PS/c1-7-10(15-6)14(11,12-8(2)3)13-9(4)5/h8-10H,7H2,1-6H3/t10-/m1/s1. The molecule has 0 fully saturated rings. The van der Waals surface area contributed by atoms with Crippen molar-refractivity contribution in [1.82, 2.24) is 0 Å². The van der Waals surface area contributed by atoms with Crippen LogP contribution in [0.15, 0.2) is 0 Å². The predicted octanol–water partition coefficient (Wildman–Crippen LogP) is 4.13. The molecule has 0 spiro atoms. The maximum absolute atomic E-state index is 12.5. The molecular formula is C10H23O3PS. The predicted molar refractivity (Wildman–Crippen MR) is 67.6 cm³/mol. The quantitative estimate of drug-likeness (QED) is 0.640. The summed E-state index contributed by atoms with van der Waals surface area (Å²) < 4.78 is 23.5. The third-order valence-corrected chi connectivity index (χ3v) is 6.48. The normalized spacial score (nSPS) is 14.9. The molecule has 15 heavy (non-hydrogen) atoms. The molecule has 0 aromatic carbocycles. The van der Waals surface area contributed by atoms with Gasteiger partial charge in [0, 0.05) is 0 Å². The molecule has 0 aliphatic carbocycles. The van der Waals surface area contributed by atoms with Gasteiger partial charge in [0.1, 0.15) is 4.99 Å². The van der Waals surface area contributed by atoms with Crippen molar-refractivity contribution in [3.8, 4) is 0 Å². The van der Waals surface area contributed by atoms with Gasteiger partial charge in [0.15, 0.2) is 0 Å². The first-order valence-electron chi connectivity index (χ1n) is 5.35. The zero-order valence-corrected chi connectivity index (χ0v) is 12.2. The molecule has 3 nitrogen and oxygen atoms in total. The van der Waals surface area contributed by atoms with E-state index in [-0.39, 0.29) is 17.2 Å². The molecular weight excluding hydrogens is 231 g/mol. The van der Waals surface area contributed by atoms with E-state index in [0.717, 1.165) is 6.42 Å². The lowest BCUT2D eigenvalue weighted by molar-refractivity contribution is 0.141. The second-order valence-electron chi connectivity index (χ2n) is 3.95. The number of rotatable bonds is 7. The highest BCUT2D eigenvalue weighted by molar-refractivity contribution is 8.04. The summed E-state index contributed by atoms with van der Waals surface area (Å²) in [4.78, 5) is -0.0673. The van der Waals surface area contributed by atoms with Crippen LogP contribution in [0.1, 0.15) is 41.0 Å². The Bertz CT molecular complexity index is 201. The van der Waals surface area contributed by atoms with Crippen LogP contribution >= 0.6 is 19.4 Å². The molecule has 92 valence electrons. The average molecular weight is 254 g/mol. The van der Waals surface area contributed by atoms with E-state index in [0.29, 0.717) is 0 Å². The van der Waals surface area contributed by atoms with Crippen LogP contribution in [-0.4, -0.2) is 23.5 Å². The van der Waals surface area contributed by atoms with E-state index in [1.165, 1.54) is 0 Å². The van der Waals surface area contributed by atoms with Gasteiger partial charge >= 0.3 is 7.60 Å².